The number of imidazole rings is 1. The number of hydrogen-bond acceptors (Lipinski definition) is 3. The highest BCUT2D eigenvalue weighted by molar-refractivity contribution is 5.63. The summed E-state index contributed by atoms with van der Waals surface area (Å²) in [5.74, 6) is 0.957. The SMILES string of the molecule is CCn1ccnc1C1=CC(O)CNC1. The number of aliphatic hydroxyl groups excluding tert-OH is 1. The molecule has 14 heavy (non-hydrogen) atoms. The second kappa shape index (κ2) is 3.94. The monoisotopic (exact) mass is 193 g/mol. The molecule has 0 bridgehead atoms. The molecule has 0 aromatic carbocycles. The highest BCUT2D eigenvalue weighted by Gasteiger charge is 2.14. The number of nitrogens with one attached hydrogen (secondary N) is 1. The largest absolute Gasteiger partial charge is 0.388 e. The lowest BCUT2D eigenvalue weighted by Gasteiger charge is -2.18. The molecular formula is C10H15N3O. The molecule has 1 unspecified atom stereocenters. The highest BCUT2D eigenvalue weighted by atomic mass is 16.3. The van der Waals surface area contributed by atoms with E-state index in [0.29, 0.717) is 6.54 Å². The Hall–Kier alpha value is -1.13. The van der Waals surface area contributed by atoms with E-state index < -0.39 is 0 Å². The van der Waals surface area contributed by atoms with Gasteiger partial charge in [0.25, 0.3) is 0 Å². The average Bonchev–Trinajstić information content (AvgIpc) is 2.65. The van der Waals surface area contributed by atoms with Gasteiger partial charge < -0.3 is 15.0 Å². The van der Waals surface area contributed by atoms with Gasteiger partial charge in [-0.05, 0) is 13.0 Å². The van der Waals surface area contributed by atoms with Crippen molar-refractivity contribution in [1.29, 1.82) is 0 Å². The molecule has 0 aliphatic carbocycles. The normalized spacial score (nSPS) is 22.1. The number of rotatable bonds is 2. The van der Waals surface area contributed by atoms with Crippen LogP contribution in [0.5, 0.6) is 0 Å². The maximum Gasteiger partial charge on any atom is 0.136 e. The Balaban J connectivity index is 2.29. The molecule has 2 heterocycles. The van der Waals surface area contributed by atoms with Gasteiger partial charge in [-0.1, -0.05) is 0 Å². The lowest BCUT2D eigenvalue weighted by molar-refractivity contribution is 0.216. The predicted octanol–water partition coefficient (Wildman–Crippen LogP) is 0.251. The van der Waals surface area contributed by atoms with Gasteiger partial charge in [-0.2, -0.15) is 0 Å². The van der Waals surface area contributed by atoms with Crippen LogP contribution < -0.4 is 5.32 Å². The summed E-state index contributed by atoms with van der Waals surface area (Å²) in [5.41, 5.74) is 1.08. The minimum atomic E-state index is -0.388. The van der Waals surface area contributed by atoms with E-state index in [1.807, 2.05) is 12.3 Å². The van der Waals surface area contributed by atoms with E-state index >= 15 is 0 Å². The number of nitrogens with zero attached hydrogens (tertiary/aromatic N) is 2. The summed E-state index contributed by atoms with van der Waals surface area (Å²) >= 11 is 0. The predicted molar refractivity (Wildman–Crippen MR) is 54.8 cm³/mol. The molecular weight excluding hydrogens is 178 g/mol. The van der Waals surface area contributed by atoms with Gasteiger partial charge in [0.1, 0.15) is 5.82 Å². The van der Waals surface area contributed by atoms with E-state index in [-0.39, 0.29) is 6.10 Å². The van der Waals surface area contributed by atoms with Gasteiger partial charge in [-0.3, -0.25) is 0 Å². The third-order valence-electron chi connectivity index (χ3n) is 2.41. The summed E-state index contributed by atoms with van der Waals surface area (Å²) in [6.07, 6.45) is 5.24. The van der Waals surface area contributed by atoms with Gasteiger partial charge in [0.05, 0.1) is 6.10 Å². The van der Waals surface area contributed by atoms with Crippen LogP contribution in [-0.2, 0) is 6.54 Å². The smallest absolute Gasteiger partial charge is 0.136 e. The van der Waals surface area contributed by atoms with E-state index in [4.69, 9.17) is 0 Å². The zero-order valence-corrected chi connectivity index (χ0v) is 8.27. The average molecular weight is 193 g/mol. The Kier molecular flexibility index (Phi) is 2.65. The lowest BCUT2D eigenvalue weighted by atomic mass is 10.1. The van der Waals surface area contributed by atoms with Crippen molar-refractivity contribution in [2.45, 2.75) is 19.6 Å². The Morgan fingerprint density at radius 2 is 2.57 bits per heavy atom. The number of aryl methyl sites for hydroxylation is 1. The maximum absolute atomic E-state index is 9.47. The highest BCUT2D eigenvalue weighted by Crippen LogP contribution is 2.14. The van der Waals surface area contributed by atoms with Gasteiger partial charge in [0, 0.05) is 37.6 Å². The molecule has 2 N–H and O–H groups in total. The number of aliphatic hydroxyl groups is 1. The van der Waals surface area contributed by atoms with Gasteiger partial charge >= 0.3 is 0 Å². The van der Waals surface area contributed by atoms with E-state index in [0.717, 1.165) is 24.5 Å². The molecule has 76 valence electrons. The van der Waals surface area contributed by atoms with E-state index in [9.17, 15) is 5.11 Å². The Labute approximate surface area is 83.3 Å². The van der Waals surface area contributed by atoms with Crippen LogP contribution in [0.15, 0.2) is 18.5 Å². The number of aromatic nitrogens is 2. The molecule has 0 radical (unpaired) electrons. The van der Waals surface area contributed by atoms with Crippen molar-refractivity contribution >= 4 is 5.57 Å². The second-order valence-corrected chi connectivity index (χ2v) is 3.43. The molecule has 1 aliphatic rings. The van der Waals surface area contributed by atoms with Crippen LogP contribution >= 0.6 is 0 Å². The van der Waals surface area contributed by atoms with Crippen LogP contribution in [0.2, 0.25) is 0 Å². The van der Waals surface area contributed by atoms with E-state index in [1.54, 1.807) is 6.20 Å². The fourth-order valence-corrected chi connectivity index (χ4v) is 1.71. The van der Waals surface area contributed by atoms with Crippen LogP contribution in [-0.4, -0.2) is 33.9 Å². The van der Waals surface area contributed by atoms with Crippen molar-refractivity contribution in [2.75, 3.05) is 13.1 Å². The first-order valence-electron chi connectivity index (χ1n) is 4.92. The minimum absolute atomic E-state index is 0.388. The maximum atomic E-state index is 9.47. The van der Waals surface area contributed by atoms with E-state index in [1.165, 1.54) is 0 Å². The molecule has 4 heteroatoms. The molecule has 2 rings (SSSR count). The van der Waals surface area contributed by atoms with Crippen LogP contribution in [0, 0.1) is 0 Å². The molecule has 1 aromatic heterocycles. The lowest BCUT2D eigenvalue weighted by Crippen LogP contribution is -2.32. The number of hydrogen-bond donors (Lipinski definition) is 2. The molecule has 1 atom stereocenters. The summed E-state index contributed by atoms with van der Waals surface area (Å²) in [6, 6.07) is 0. The van der Waals surface area contributed by atoms with Gasteiger partial charge in [0.2, 0.25) is 0 Å². The van der Waals surface area contributed by atoms with Gasteiger partial charge in [-0.25, -0.2) is 4.98 Å². The molecule has 4 nitrogen and oxygen atoms in total. The van der Waals surface area contributed by atoms with Crippen molar-refractivity contribution < 1.29 is 5.11 Å². The molecule has 0 fully saturated rings. The van der Waals surface area contributed by atoms with Crippen LogP contribution in [0.4, 0.5) is 0 Å². The molecule has 0 saturated carbocycles. The van der Waals surface area contributed by atoms with Crippen molar-refractivity contribution in [3.63, 3.8) is 0 Å². The van der Waals surface area contributed by atoms with Crippen LogP contribution in [0.25, 0.3) is 5.57 Å². The van der Waals surface area contributed by atoms with Crippen molar-refractivity contribution in [3.05, 3.63) is 24.3 Å². The zero-order chi connectivity index (χ0) is 9.97. The zero-order valence-electron chi connectivity index (χ0n) is 8.27. The first-order chi connectivity index (χ1) is 6.81. The quantitative estimate of drug-likeness (QED) is 0.708. The van der Waals surface area contributed by atoms with Crippen molar-refractivity contribution in [3.8, 4) is 0 Å². The van der Waals surface area contributed by atoms with Crippen molar-refractivity contribution in [1.82, 2.24) is 14.9 Å². The third kappa shape index (κ3) is 1.71. The van der Waals surface area contributed by atoms with Crippen LogP contribution in [0.1, 0.15) is 12.7 Å². The first-order valence-corrected chi connectivity index (χ1v) is 4.92. The fourth-order valence-electron chi connectivity index (χ4n) is 1.71. The summed E-state index contributed by atoms with van der Waals surface area (Å²) in [7, 11) is 0. The third-order valence-corrected chi connectivity index (χ3v) is 2.41. The molecule has 0 spiro atoms. The minimum Gasteiger partial charge on any atom is -0.388 e. The molecule has 1 aromatic rings. The number of β-amino-alcohol motifs (C(OH)–C–C–N with tert-alkyl or cyclic N) is 1. The standard InChI is InChI=1S/C10H15N3O/c1-2-13-4-3-12-10(13)8-5-9(14)7-11-6-8/h3-5,9,11,14H,2,6-7H2,1H3. The molecule has 0 saturated heterocycles. The van der Waals surface area contributed by atoms with E-state index in [2.05, 4.69) is 21.8 Å². The second-order valence-electron chi connectivity index (χ2n) is 3.43. The first kappa shape index (κ1) is 9.43. The van der Waals surface area contributed by atoms with Crippen molar-refractivity contribution in [2.24, 2.45) is 0 Å². The van der Waals surface area contributed by atoms with Gasteiger partial charge in [0.15, 0.2) is 0 Å². The summed E-state index contributed by atoms with van der Waals surface area (Å²) in [6.45, 7) is 4.41. The topological polar surface area (TPSA) is 50.1 Å². The van der Waals surface area contributed by atoms with Gasteiger partial charge in [-0.15, -0.1) is 0 Å². The summed E-state index contributed by atoms with van der Waals surface area (Å²) in [5, 5.41) is 12.6. The summed E-state index contributed by atoms with van der Waals surface area (Å²) in [4.78, 5) is 4.29. The molecule has 0 amide bonds. The fraction of sp³-hybridized carbons (Fsp3) is 0.500. The Morgan fingerprint density at radius 3 is 3.29 bits per heavy atom. The Morgan fingerprint density at radius 1 is 1.71 bits per heavy atom. The molecule has 1 aliphatic heterocycles. The Bertz CT molecular complexity index is 343. The van der Waals surface area contributed by atoms with Crippen LogP contribution in [0.3, 0.4) is 0 Å². The summed E-state index contributed by atoms with van der Waals surface area (Å²) < 4.78 is 2.07.